The third-order valence-corrected chi connectivity index (χ3v) is 6.70. The van der Waals surface area contributed by atoms with Gasteiger partial charge in [-0.25, -0.2) is 0 Å². The molecule has 0 saturated heterocycles. The van der Waals surface area contributed by atoms with E-state index in [1.54, 1.807) is 0 Å². The van der Waals surface area contributed by atoms with Crippen LogP contribution < -0.4 is 5.32 Å². The highest BCUT2D eigenvalue weighted by Crippen LogP contribution is 2.49. The van der Waals surface area contributed by atoms with E-state index in [1.807, 2.05) is 0 Å². The summed E-state index contributed by atoms with van der Waals surface area (Å²) < 4.78 is 0. The van der Waals surface area contributed by atoms with Gasteiger partial charge in [-0.05, 0) is 77.5 Å². The zero-order valence-electron chi connectivity index (χ0n) is 18.0. The highest BCUT2D eigenvalue weighted by molar-refractivity contribution is 5.68. The number of fused-ring (bicyclic) bond motifs is 1. The number of rotatable bonds is 3. The summed E-state index contributed by atoms with van der Waals surface area (Å²) in [7, 11) is 0. The van der Waals surface area contributed by atoms with Crippen LogP contribution in [-0.4, -0.2) is 0 Å². The molecule has 1 N–H and O–H groups in total. The van der Waals surface area contributed by atoms with Crippen LogP contribution in [0.4, 0.5) is 11.4 Å². The van der Waals surface area contributed by atoms with E-state index in [0.29, 0.717) is 5.92 Å². The Morgan fingerprint density at radius 2 is 1.61 bits per heavy atom. The smallest absolute Gasteiger partial charge is 0.0426 e. The summed E-state index contributed by atoms with van der Waals surface area (Å²) >= 11 is 0. The van der Waals surface area contributed by atoms with Gasteiger partial charge in [-0.2, -0.15) is 0 Å². The molecular weight excluding hydrogens is 338 g/mol. The molecule has 1 unspecified atom stereocenters. The lowest BCUT2D eigenvalue weighted by Crippen LogP contribution is -2.34. The average molecular weight is 372 g/mol. The molecule has 0 saturated carbocycles. The lowest BCUT2D eigenvalue weighted by Gasteiger charge is -2.43. The summed E-state index contributed by atoms with van der Waals surface area (Å²) in [5.74, 6) is 0.434. The number of benzene rings is 2. The standard InChI is InChI=1S/C27H33N/c1-19-10-9-13-21(16-19)28-25-18-24-23(26(2,3)14-15-27(24,4)5)17-22(25)20-11-7-6-8-12-20/h6-11,13,16-18,20,28H,12,14-15H2,1-5H3. The molecule has 0 heterocycles. The Hall–Kier alpha value is -2.28. The predicted octanol–water partition coefficient (Wildman–Crippen LogP) is 7.69. The maximum Gasteiger partial charge on any atom is 0.0426 e. The van der Waals surface area contributed by atoms with Gasteiger partial charge < -0.3 is 5.32 Å². The molecule has 0 bridgehead atoms. The Morgan fingerprint density at radius 3 is 2.25 bits per heavy atom. The molecule has 0 aromatic heterocycles. The van der Waals surface area contributed by atoms with E-state index in [2.05, 4.69) is 101 Å². The second-order valence-corrected chi connectivity index (χ2v) is 9.90. The van der Waals surface area contributed by atoms with Gasteiger partial charge in [0.2, 0.25) is 0 Å². The van der Waals surface area contributed by atoms with Crippen LogP contribution in [0.25, 0.3) is 0 Å². The molecule has 0 amide bonds. The van der Waals surface area contributed by atoms with Crippen LogP contribution in [0.5, 0.6) is 0 Å². The van der Waals surface area contributed by atoms with Crippen molar-refractivity contribution in [2.24, 2.45) is 0 Å². The van der Waals surface area contributed by atoms with Crippen LogP contribution in [0.1, 0.15) is 75.1 Å². The maximum atomic E-state index is 3.77. The number of hydrogen-bond acceptors (Lipinski definition) is 1. The third kappa shape index (κ3) is 3.55. The van der Waals surface area contributed by atoms with Crippen molar-refractivity contribution in [2.45, 2.75) is 70.6 Å². The van der Waals surface area contributed by atoms with Gasteiger partial charge >= 0.3 is 0 Å². The monoisotopic (exact) mass is 371 g/mol. The molecule has 1 atom stereocenters. The average Bonchev–Trinajstić information content (AvgIpc) is 2.66. The molecule has 1 nitrogen and oxygen atoms in total. The quantitative estimate of drug-likeness (QED) is 0.583. The van der Waals surface area contributed by atoms with E-state index in [4.69, 9.17) is 0 Å². The first-order valence-electron chi connectivity index (χ1n) is 10.6. The lowest BCUT2D eigenvalue weighted by atomic mass is 9.62. The molecule has 146 valence electrons. The minimum atomic E-state index is 0.217. The fourth-order valence-corrected chi connectivity index (χ4v) is 4.74. The van der Waals surface area contributed by atoms with Gasteiger partial charge in [0.05, 0.1) is 0 Å². The Morgan fingerprint density at radius 1 is 0.893 bits per heavy atom. The Labute approximate surface area is 170 Å². The van der Waals surface area contributed by atoms with Crippen molar-refractivity contribution in [3.8, 4) is 0 Å². The summed E-state index contributed by atoms with van der Waals surface area (Å²) in [6.45, 7) is 11.8. The molecule has 0 fully saturated rings. The largest absolute Gasteiger partial charge is 0.355 e. The molecule has 1 heteroatoms. The van der Waals surface area contributed by atoms with Gasteiger partial charge in [0.15, 0.2) is 0 Å². The van der Waals surface area contributed by atoms with E-state index in [1.165, 1.54) is 46.5 Å². The molecule has 2 aliphatic rings. The first-order valence-corrected chi connectivity index (χ1v) is 10.6. The van der Waals surface area contributed by atoms with Crippen molar-refractivity contribution in [2.75, 3.05) is 5.32 Å². The Bertz CT molecular complexity index is 943. The molecule has 0 spiro atoms. The van der Waals surface area contributed by atoms with Crippen molar-refractivity contribution in [1.82, 2.24) is 0 Å². The second-order valence-electron chi connectivity index (χ2n) is 9.90. The van der Waals surface area contributed by atoms with Gasteiger partial charge in [-0.15, -0.1) is 0 Å². The summed E-state index contributed by atoms with van der Waals surface area (Å²) in [5, 5.41) is 3.77. The van der Waals surface area contributed by atoms with Crippen LogP contribution in [0.2, 0.25) is 0 Å². The SMILES string of the molecule is Cc1cccc(Nc2cc3c(cc2C2C=CC=CC2)C(C)(C)CCC3(C)C)c1. The fourth-order valence-electron chi connectivity index (χ4n) is 4.74. The van der Waals surface area contributed by atoms with E-state index >= 15 is 0 Å². The van der Waals surface area contributed by atoms with Crippen LogP contribution in [0.3, 0.4) is 0 Å². The zero-order valence-corrected chi connectivity index (χ0v) is 18.0. The Kier molecular flexibility index (Phi) is 4.73. The predicted molar refractivity (Wildman–Crippen MR) is 122 cm³/mol. The van der Waals surface area contributed by atoms with Gasteiger partial charge in [0.25, 0.3) is 0 Å². The molecule has 0 aliphatic heterocycles. The highest BCUT2D eigenvalue weighted by atomic mass is 14.9. The first kappa shape index (κ1) is 19.1. The fraction of sp³-hybridized carbons (Fsp3) is 0.407. The van der Waals surface area contributed by atoms with Crippen LogP contribution in [-0.2, 0) is 10.8 Å². The van der Waals surface area contributed by atoms with Crippen molar-refractivity contribution >= 4 is 11.4 Å². The number of anilines is 2. The maximum absolute atomic E-state index is 3.77. The highest BCUT2D eigenvalue weighted by Gasteiger charge is 2.38. The number of hydrogen-bond donors (Lipinski definition) is 1. The number of allylic oxidation sites excluding steroid dienone is 4. The van der Waals surface area contributed by atoms with Gasteiger partial charge in [0.1, 0.15) is 0 Å². The molecule has 0 radical (unpaired) electrons. The topological polar surface area (TPSA) is 12.0 Å². The van der Waals surface area contributed by atoms with E-state index in [-0.39, 0.29) is 10.8 Å². The van der Waals surface area contributed by atoms with E-state index in [0.717, 1.165) is 6.42 Å². The molecule has 2 aliphatic carbocycles. The van der Waals surface area contributed by atoms with Crippen molar-refractivity contribution in [1.29, 1.82) is 0 Å². The molecule has 2 aromatic rings. The molecule has 4 rings (SSSR count). The van der Waals surface area contributed by atoms with Crippen molar-refractivity contribution < 1.29 is 0 Å². The van der Waals surface area contributed by atoms with E-state index in [9.17, 15) is 0 Å². The summed E-state index contributed by atoms with van der Waals surface area (Å²) in [6, 6.07) is 13.7. The normalized spacial score (nSPS) is 22.0. The van der Waals surface area contributed by atoms with Gasteiger partial charge in [-0.3, -0.25) is 0 Å². The van der Waals surface area contributed by atoms with Crippen molar-refractivity contribution in [3.05, 3.63) is 83.0 Å². The van der Waals surface area contributed by atoms with Crippen LogP contribution in [0.15, 0.2) is 60.7 Å². The summed E-state index contributed by atoms with van der Waals surface area (Å²) in [4.78, 5) is 0. The molecule has 28 heavy (non-hydrogen) atoms. The Balaban J connectivity index is 1.87. The van der Waals surface area contributed by atoms with Crippen LogP contribution in [0, 0.1) is 6.92 Å². The summed E-state index contributed by atoms with van der Waals surface area (Å²) in [6.07, 6.45) is 12.6. The van der Waals surface area contributed by atoms with Crippen LogP contribution >= 0.6 is 0 Å². The minimum Gasteiger partial charge on any atom is -0.355 e. The molecule has 2 aromatic carbocycles. The summed E-state index contributed by atoms with van der Waals surface area (Å²) in [5.41, 5.74) is 8.64. The van der Waals surface area contributed by atoms with Crippen molar-refractivity contribution in [3.63, 3.8) is 0 Å². The number of nitrogens with one attached hydrogen (secondary N) is 1. The lowest BCUT2D eigenvalue weighted by molar-refractivity contribution is 0.331. The minimum absolute atomic E-state index is 0.217. The van der Waals surface area contributed by atoms with Gasteiger partial charge in [-0.1, -0.05) is 70.2 Å². The van der Waals surface area contributed by atoms with E-state index < -0.39 is 0 Å². The molecular formula is C27H33N. The second kappa shape index (κ2) is 6.95. The first-order chi connectivity index (χ1) is 13.3. The zero-order chi connectivity index (χ0) is 19.9. The number of aryl methyl sites for hydroxylation is 1. The third-order valence-electron chi connectivity index (χ3n) is 6.70. The van der Waals surface area contributed by atoms with Gasteiger partial charge in [0, 0.05) is 17.3 Å².